The summed E-state index contributed by atoms with van der Waals surface area (Å²) in [6, 6.07) is 7.85. The lowest BCUT2D eigenvalue weighted by Gasteiger charge is -2.33. The van der Waals surface area contributed by atoms with Gasteiger partial charge in [-0.1, -0.05) is 38.1 Å². The maximum atomic E-state index is 11.6. The van der Waals surface area contributed by atoms with Crippen molar-refractivity contribution in [2.45, 2.75) is 52.4 Å². The number of nitrogens with zero attached hydrogens (tertiary/aromatic N) is 4. The quantitative estimate of drug-likeness (QED) is 0.936. The van der Waals surface area contributed by atoms with Crippen LogP contribution >= 0.6 is 0 Å². The van der Waals surface area contributed by atoms with E-state index in [1.807, 2.05) is 16.4 Å². The summed E-state index contributed by atoms with van der Waals surface area (Å²) in [5, 5.41) is 17.8. The molecule has 1 aromatic carbocycles. The van der Waals surface area contributed by atoms with E-state index in [0.717, 1.165) is 17.2 Å². The van der Waals surface area contributed by atoms with E-state index in [1.54, 1.807) is 0 Å². The molecule has 0 fully saturated rings. The lowest BCUT2D eigenvalue weighted by molar-refractivity contribution is -0.145. The normalized spacial score (nSPS) is 18.2. The number of carboxylic acids is 1. The molecule has 1 aromatic heterocycles. The van der Waals surface area contributed by atoms with E-state index in [1.165, 1.54) is 5.56 Å². The van der Waals surface area contributed by atoms with Gasteiger partial charge < -0.3 is 9.67 Å². The molecule has 0 bridgehead atoms. The fraction of sp³-hybridized carbons (Fsp3) is 0.471. The van der Waals surface area contributed by atoms with Gasteiger partial charge in [-0.25, -0.2) is 0 Å². The minimum atomic E-state index is -0.803. The average molecular weight is 314 g/mol. The second-order valence-electron chi connectivity index (χ2n) is 6.43. The second kappa shape index (κ2) is 6.12. The van der Waals surface area contributed by atoms with Crippen molar-refractivity contribution in [3.05, 3.63) is 47.0 Å². The highest BCUT2D eigenvalue weighted by Crippen LogP contribution is 2.21. The van der Waals surface area contributed by atoms with Crippen LogP contribution in [0.2, 0.25) is 0 Å². The van der Waals surface area contributed by atoms with Gasteiger partial charge in [-0.05, 0) is 24.0 Å². The zero-order valence-corrected chi connectivity index (χ0v) is 13.7. The van der Waals surface area contributed by atoms with Crippen molar-refractivity contribution >= 4 is 5.97 Å². The molecule has 0 amide bonds. The molecule has 1 N–H and O–H groups in total. The largest absolute Gasteiger partial charge is 0.480 e. The summed E-state index contributed by atoms with van der Waals surface area (Å²) < 4.78 is 1.90. The molecule has 3 rings (SSSR count). The Morgan fingerprint density at radius 2 is 2.00 bits per heavy atom. The van der Waals surface area contributed by atoms with Gasteiger partial charge in [0.25, 0.3) is 0 Å². The van der Waals surface area contributed by atoms with Gasteiger partial charge in [0.05, 0.1) is 13.1 Å². The van der Waals surface area contributed by atoms with Crippen molar-refractivity contribution in [1.82, 2.24) is 19.7 Å². The van der Waals surface area contributed by atoms with Crippen LogP contribution in [0.4, 0.5) is 0 Å². The lowest BCUT2D eigenvalue weighted by Crippen LogP contribution is -2.47. The van der Waals surface area contributed by atoms with E-state index in [2.05, 4.69) is 48.3 Å². The highest BCUT2D eigenvalue weighted by atomic mass is 16.4. The Balaban J connectivity index is 1.81. The fourth-order valence-electron chi connectivity index (χ4n) is 3.00. The predicted molar refractivity (Wildman–Crippen MR) is 86.0 cm³/mol. The first-order chi connectivity index (χ1) is 11.0. The van der Waals surface area contributed by atoms with Crippen LogP contribution in [0.5, 0.6) is 0 Å². The summed E-state index contributed by atoms with van der Waals surface area (Å²) in [5.41, 5.74) is 2.41. The molecule has 1 aliphatic rings. The summed E-state index contributed by atoms with van der Waals surface area (Å²) in [6.07, 6.45) is 0. The van der Waals surface area contributed by atoms with Crippen molar-refractivity contribution in [3.8, 4) is 0 Å². The molecule has 6 nitrogen and oxygen atoms in total. The number of fused-ring (bicyclic) bond motifs is 1. The summed E-state index contributed by atoms with van der Waals surface area (Å²) >= 11 is 0. The van der Waals surface area contributed by atoms with Crippen LogP contribution in [0.3, 0.4) is 0 Å². The van der Waals surface area contributed by atoms with Crippen LogP contribution in [0.25, 0.3) is 0 Å². The van der Waals surface area contributed by atoms with Crippen molar-refractivity contribution in [2.24, 2.45) is 0 Å². The molecule has 1 unspecified atom stereocenters. The van der Waals surface area contributed by atoms with Gasteiger partial charge in [-0.3, -0.25) is 9.69 Å². The van der Waals surface area contributed by atoms with Gasteiger partial charge in [-0.2, -0.15) is 0 Å². The number of hydrogen-bond donors (Lipinski definition) is 1. The number of aryl methyl sites for hydroxylation is 1. The first kappa shape index (κ1) is 15.7. The minimum Gasteiger partial charge on any atom is -0.480 e. The van der Waals surface area contributed by atoms with Crippen LogP contribution in [0.1, 0.15) is 42.5 Å². The average Bonchev–Trinajstić information content (AvgIpc) is 2.87. The SMILES string of the molecule is Cc1nnc2n1CC(C(=O)O)N(Cc1ccc(C(C)C)cc1)C2. The summed E-state index contributed by atoms with van der Waals surface area (Å²) in [4.78, 5) is 13.6. The number of benzene rings is 1. The molecule has 122 valence electrons. The number of carboxylic acid groups (broad SMARTS) is 1. The highest BCUT2D eigenvalue weighted by Gasteiger charge is 2.33. The van der Waals surface area contributed by atoms with Crippen molar-refractivity contribution < 1.29 is 9.90 Å². The Bertz CT molecular complexity index is 706. The first-order valence-electron chi connectivity index (χ1n) is 7.90. The topological polar surface area (TPSA) is 71.2 Å². The van der Waals surface area contributed by atoms with E-state index >= 15 is 0 Å². The number of aromatic nitrogens is 3. The monoisotopic (exact) mass is 314 g/mol. The Morgan fingerprint density at radius 3 is 2.61 bits per heavy atom. The van der Waals surface area contributed by atoms with Gasteiger partial charge in [-0.15, -0.1) is 10.2 Å². The number of hydrogen-bond acceptors (Lipinski definition) is 4. The molecule has 0 radical (unpaired) electrons. The van der Waals surface area contributed by atoms with E-state index in [0.29, 0.717) is 25.6 Å². The van der Waals surface area contributed by atoms with Crippen LogP contribution in [0, 0.1) is 6.92 Å². The molecule has 1 atom stereocenters. The maximum Gasteiger partial charge on any atom is 0.322 e. The van der Waals surface area contributed by atoms with Crippen LogP contribution < -0.4 is 0 Å². The van der Waals surface area contributed by atoms with E-state index in [4.69, 9.17) is 0 Å². The molecule has 0 spiro atoms. The molecular weight excluding hydrogens is 292 g/mol. The van der Waals surface area contributed by atoms with Crippen molar-refractivity contribution in [3.63, 3.8) is 0 Å². The summed E-state index contributed by atoms with van der Waals surface area (Å²) in [7, 11) is 0. The Morgan fingerprint density at radius 1 is 1.30 bits per heavy atom. The molecule has 1 aliphatic heterocycles. The Labute approximate surface area is 135 Å². The Kier molecular flexibility index (Phi) is 4.17. The summed E-state index contributed by atoms with van der Waals surface area (Å²) in [6.45, 7) is 7.68. The van der Waals surface area contributed by atoms with Gasteiger partial charge in [0.15, 0.2) is 0 Å². The van der Waals surface area contributed by atoms with Crippen molar-refractivity contribution in [2.75, 3.05) is 0 Å². The molecule has 0 aliphatic carbocycles. The Hall–Kier alpha value is -2.21. The predicted octanol–water partition coefficient (Wildman–Crippen LogP) is 2.18. The highest BCUT2D eigenvalue weighted by molar-refractivity contribution is 5.73. The van der Waals surface area contributed by atoms with Crippen molar-refractivity contribution in [1.29, 1.82) is 0 Å². The standard InChI is InChI=1S/C17H22N4O2/c1-11(2)14-6-4-13(5-7-14)8-20-10-16-19-18-12(3)21(16)9-15(20)17(22)23/h4-7,11,15H,8-10H2,1-3H3,(H,22,23). The van der Waals surface area contributed by atoms with Gasteiger partial charge in [0.1, 0.15) is 17.7 Å². The molecule has 6 heteroatoms. The van der Waals surface area contributed by atoms with Gasteiger partial charge >= 0.3 is 5.97 Å². The minimum absolute atomic E-state index is 0.396. The molecule has 23 heavy (non-hydrogen) atoms. The molecule has 2 heterocycles. The van der Waals surface area contributed by atoms with Crippen LogP contribution in [0.15, 0.2) is 24.3 Å². The van der Waals surface area contributed by atoms with E-state index in [9.17, 15) is 9.90 Å². The third-order valence-corrected chi connectivity index (χ3v) is 4.47. The zero-order chi connectivity index (χ0) is 16.6. The first-order valence-corrected chi connectivity index (χ1v) is 7.90. The van der Waals surface area contributed by atoms with Crippen LogP contribution in [-0.2, 0) is 24.4 Å². The molecular formula is C17H22N4O2. The molecule has 0 saturated carbocycles. The third kappa shape index (κ3) is 3.12. The summed E-state index contributed by atoms with van der Waals surface area (Å²) in [5.74, 6) is 1.29. The van der Waals surface area contributed by atoms with Gasteiger partial charge in [0.2, 0.25) is 0 Å². The lowest BCUT2D eigenvalue weighted by atomic mass is 10.0. The van der Waals surface area contributed by atoms with E-state index in [-0.39, 0.29) is 0 Å². The smallest absolute Gasteiger partial charge is 0.322 e. The second-order valence-corrected chi connectivity index (χ2v) is 6.43. The molecule has 0 saturated heterocycles. The van der Waals surface area contributed by atoms with Gasteiger partial charge in [0, 0.05) is 6.54 Å². The number of carbonyl (C=O) groups is 1. The number of rotatable bonds is 4. The number of aliphatic carboxylic acids is 1. The van der Waals surface area contributed by atoms with E-state index < -0.39 is 12.0 Å². The maximum absolute atomic E-state index is 11.6. The zero-order valence-electron chi connectivity index (χ0n) is 13.7. The fourth-order valence-corrected chi connectivity index (χ4v) is 3.00. The molecule has 2 aromatic rings. The third-order valence-electron chi connectivity index (χ3n) is 4.47. The van der Waals surface area contributed by atoms with Crippen LogP contribution in [-0.4, -0.2) is 36.8 Å².